The second-order valence-corrected chi connectivity index (χ2v) is 7.47. The molecule has 2 aromatic heterocycles. The van der Waals surface area contributed by atoms with Gasteiger partial charge in [-0.15, -0.1) is 11.3 Å². The van der Waals surface area contributed by atoms with Crippen LogP contribution >= 0.6 is 11.3 Å². The number of aliphatic hydroxyl groups is 1. The van der Waals surface area contributed by atoms with Crippen LogP contribution in [0.4, 0.5) is 0 Å². The first-order chi connectivity index (χ1) is 9.53. The molecule has 0 unspecified atom stereocenters. The van der Waals surface area contributed by atoms with Crippen molar-refractivity contribution in [1.82, 2.24) is 9.71 Å². The molecule has 20 heavy (non-hydrogen) atoms. The number of nitrogens with zero attached hydrogens (tertiary/aromatic N) is 1. The Bertz CT molecular complexity index is 666. The van der Waals surface area contributed by atoms with Gasteiger partial charge in [0.15, 0.2) is 0 Å². The molecule has 2 N–H and O–H groups in total. The third-order valence-corrected chi connectivity index (χ3v) is 5.99. The van der Waals surface area contributed by atoms with Crippen molar-refractivity contribution < 1.29 is 13.5 Å². The fourth-order valence-corrected chi connectivity index (χ4v) is 4.25. The third-order valence-electron chi connectivity index (χ3n) is 2.83. The molecule has 0 radical (unpaired) electrons. The van der Waals surface area contributed by atoms with Crippen molar-refractivity contribution >= 4 is 21.4 Å². The highest BCUT2D eigenvalue weighted by molar-refractivity contribution is 7.91. The number of thiophene rings is 1. The smallest absolute Gasteiger partial charge is 0.250 e. The Hall–Kier alpha value is -1.28. The maximum Gasteiger partial charge on any atom is 0.250 e. The normalized spacial score (nSPS) is 11.7. The summed E-state index contributed by atoms with van der Waals surface area (Å²) < 4.78 is 27.0. The summed E-state index contributed by atoms with van der Waals surface area (Å²) in [6, 6.07) is 5.31. The van der Waals surface area contributed by atoms with E-state index >= 15 is 0 Å². The molecule has 0 aromatic carbocycles. The van der Waals surface area contributed by atoms with E-state index in [-0.39, 0.29) is 10.8 Å². The van der Waals surface area contributed by atoms with Crippen LogP contribution in [0, 0.1) is 6.92 Å². The predicted molar refractivity (Wildman–Crippen MR) is 78.1 cm³/mol. The highest BCUT2D eigenvalue weighted by Gasteiger charge is 2.18. The number of sulfonamides is 1. The molecular formula is C13H16N2O3S2. The van der Waals surface area contributed by atoms with Crippen LogP contribution in [-0.2, 0) is 23.1 Å². The molecule has 2 heterocycles. The number of nitrogens with one attached hydrogen (secondary N) is 1. The summed E-state index contributed by atoms with van der Waals surface area (Å²) in [7, 11) is -3.51. The maximum atomic E-state index is 12.1. The van der Waals surface area contributed by atoms with E-state index in [1.54, 1.807) is 25.4 Å². The van der Waals surface area contributed by atoms with Gasteiger partial charge in [0.25, 0.3) is 0 Å². The van der Waals surface area contributed by atoms with Crippen molar-refractivity contribution in [2.45, 2.75) is 24.2 Å². The molecule has 0 fully saturated rings. The van der Waals surface area contributed by atoms with Gasteiger partial charge in [0, 0.05) is 23.8 Å². The molecule has 108 valence electrons. The number of aromatic nitrogens is 1. The molecule has 0 bridgehead atoms. The molecule has 2 aromatic rings. The molecule has 0 aliphatic rings. The second-order valence-electron chi connectivity index (χ2n) is 4.34. The maximum absolute atomic E-state index is 12.1. The first-order valence-electron chi connectivity index (χ1n) is 6.11. The highest BCUT2D eigenvalue weighted by atomic mass is 32.2. The molecule has 0 amide bonds. The van der Waals surface area contributed by atoms with Gasteiger partial charge in [-0.05, 0) is 36.6 Å². The zero-order valence-corrected chi connectivity index (χ0v) is 12.7. The van der Waals surface area contributed by atoms with E-state index in [4.69, 9.17) is 5.11 Å². The minimum absolute atomic E-state index is 0.137. The average molecular weight is 312 g/mol. The zero-order valence-electron chi connectivity index (χ0n) is 11.0. The Kier molecular flexibility index (Phi) is 4.87. The summed E-state index contributed by atoms with van der Waals surface area (Å²) in [4.78, 5) is 4.66. The van der Waals surface area contributed by atoms with Gasteiger partial charge < -0.3 is 5.11 Å². The van der Waals surface area contributed by atoms with Crippen molar-refractivity contribution in [3.8, 4) is 0 Å². The Morgan fingerprint density at radius 1 is 1.45 bits per heavy atom. The molecule has 0 aliphatic heterocycles. The van der Waals surface area contributed by atoms with E-state index in [1.165, 1.54) is 0 Å². The minimum atomic E-state index is -3.51. The van der Waals surface area contributed by atoms with Gasteiger partial charge in [0.1, 0.15) is 4.21 Å². The quantitative estimate of drug-likeness (QED) is 0.846. The summed E-state index contributed by atoms with van der Waals surface area (Å²) in [5.41, 5.74) is 1.78. The molecule has 0 spiro atoms. The largest absolute Gasteiger partial charge is 0.391 e. The first kappa shape index (κ1) is 15.1. The van der Waals surface area contributed by atoms with E-state index in [0.717, 1.165) is 22.5 Å². The summed E-state index contributed by atoms with van der Waals surface area (Å²) in [5.74, 6) is 0. The predicted octanol–water partition coefficient (Wildman–Crippen LogP) is 1.46. The van der Waals surface area contributed by atoms with Gasteiger partial charge >= 0.3 is 0 Å². The standard InChI is InChI=1S/C13H16N2O3S2/c1-10-7-13(19-12(10)9-16)20(17,18)15-6-4-11-3-2-5-14-8-11/h2-3,5,7-8,15-16H,4,6,9H2,1H3. The van der Waals surface area contributed by atoms with Crippen molar-refractivity contribution in [2.24, 2.45) is 0 Å². The number of hydrogen-bond donors (Lipinski definition) is 2. The van der Waals surface area contributed by atoms with E-state index in [0.29, 0.717) is 17.8 Å². The molecule has 0 saturated heterocycles. The monoisotopic (exact) mass is 312 g/mol. The van der Waals surface area contributed by atoms with Crippen molar-refractivity contribution in [3.05, 3.63) is 46.6 Å². The molecule has 2 rings (SSSR count). The molecule has 0 saturated carbocycles. The van der Waals surface area contributed by atoms with E-state index in [1.807, 2.05) is 12.1 Å². The highest BCUT2D eigenvalue weighted by Crippen LogP contribution is 2.25. The van der Waals surface area contributed by atoms with Crippen LogP contribution < -0.4 is 4.72 Å². The Morgan fingerprint density at radius 2 is 2.25 bits per heavy atom. The van der Waals surface area contributed by atoms with Gasteiger partial charge in [-0.25, -0.2) is 13.1 Å². The lowest BCUT2D eigenvalue weighted by Crippen LogP contribution is -2.25. The van der Waals surface area contributed by atoms with Crippen molar-refractivity contribution in [3.63, 3.8) is 0 Å². The molecule has 5 nitrogen and oxygen atoms in total. The van der Waals surface area contributed by atoms with Crippen molar-refractivity contribution in [2.75, 3.05) is 6.54 Å². The first-order valence-corrected chi connectivity index (χ1v) is 8.41. The molecule has 0 atom stereocenters. The summed E-state index contributed by atoms with van der Waals surface area (Å²) in [6.07, 6.45) is 3.98. The van der Waals surface area contributed by atoms with Gasteiger partial charge in [-0.3, -0.25) is 4.98 Å². The summed E-state index contributed by atoms with van der Waals surface area (Å²) in [6.45, 7) is 1.97. The van der Waals surface area contributed by atoms with Gasteiger partial charge in [-0.2, -0.15) is 0 Å². The molecular weight excluding hydrogens is 296 g/mol. The Morgan fingerprint density at radius 3 is 2.85 bits per heavy atom. The van der Waals surface area contributed by atoms with Crippen molar-refractivity contribution in [1.29, 1.82) is 0 Å². The number of rotatable bonds is 6. The zero-order chi connectivity index (χ0) is 14.6. The lowest BCUT2D eigenvalue weighted by Gasteiger charge is -2.04. The van der Waals surface area contributed by atoms with E-state index < -0.39 is 10.0 Å². The fraction of sp³-hybridized carbons (Fsp3) is 0.308. The lowest BCUT2D eigenvalue weighted by molar-refractivity contribution is 0.285. The van der Waals surface area contributed by atoms with Crippen LogP contribution in [0.3, 0.4) is 0 Å². The fourth-order valence-electron chi connectivity index (χ4n) is 1.72. The molecule has 0 aliphatic carbocycles. The summed E-state index contributed by atoms with van der Waals surface area (Å²) >= 11 is 1.10. The SMILES string of the molecule is Cc1cc(S(=O)(=O)NCCc2cccnc2)sc1CO. The number of hydrogen-bond acceptors (Lipinski definition) is 5. The average Bonchev–Trinajstić information content (AvgIpc) is 2.82. The van der Waals surface area contributed by atoms with Crippen LogP contribution in [-0.4, -0.2) is 25.1 Å². The topological polar surface area (TPSA) is 79.3 Å². The number of aliphatic hydroxyl groups excluding tert-OH is 1. The van der Waals surface area contributed by atoms with Gasteiger partial charge in [-0.1, -0.05) is 6.07 Å². The number of pyridine rings is 1. The van der Waals surface area contributed by atoms with Crippen LogP contribution in [0.1, 0.15) is 16.0 Å². The lowest BCUT2D eigenvalue weighted by atomic mass is 10.2. The van der Waals surface area contributed by atoms with Gasteiger partial charge in [0.05, 0.1) is 6.61 Å². The minimum Gasteiger partial charge on any atom is -0.391 e. The number of aryl methyl sites for hydroxylation is 1. The summed E-state index contributed by atoms with van der Waals surface area (Å²) in [5, 5.41) is 9.11. The van der Waals surface area contributed by atoms with Gasteiger partial charge in [0.2, 0.25) is 10.0 Å². The molecule has 7 heteroatoms. The Labute approximate surface area is 122 Å². The van der Waals surface area contributed by atoms with E-state index in [9.17, 15) is 8.42 Å². The Balaban J connectivity index is 2.00. The second kappa shape index (κ2) is 6.45. The van der Waals surface area contributed by atoms with Crippen LogP contribution in [0.2, 0.25) is 0 Å². The van der Waals surface area contributed by atoms with Crippen LogP contribution in [0.15, 0.2) is 34.8 Å². The third kappa shape index (κ3) is 3.63. The van der Waals surface area contributed by atoms with Crippen LogP contribution in [0.5, 0.6) is 0 Å². The van der Waals surface area contributed by atoms with E-state index in [2.05, 4.69) is 9.71 Å². The van der Waals surface area contributed by atoms with Crippen LogP contribution in [0.25, 0.3) is 0 Å².